The van der Waals surface area contributed by atoms with Crippen molar-refractivity contribution in [2.45, 2.75) is 52.0 Å². The lowest BCUT2D eigenvalue weighted by Gasteiger charge is -2.22. The molecule has 20 heavy (non-hydrogen) atoms. The van der Waals surface area contributed by atoms with Crippen LogP contribution in [0.4, 0.5) is 0 Å². The number of hydrogen-bond acceptors (Lipinski definition) is 2. The molecule has 110 valence electrons. The molecule has 2 rings (SSSR count). The van der Waals surface area contributed by atoms with Crippen LogP contribution in [0.1, 0.15) is 43.2 Å². The Morgan fingerprint density at radius 1 is 1.25 bits per heavy atom. The summed E-state index contributed by atoms with van der Waals surface area (Å²) in [5.74, 6) is 0.658. The lowest BCUT2D eigenvalue weighted by atomic mass is 9.95. The fraction of sp³-hybridized carbons (Fsp3) is 0.562. The standard InChI is InChI=1S/C16H22ClNO2/c1-11-8-14(9-12(2)16(11)17)20-10-15(19)18-13-6-4-3-5-7-13/h8-9,13H,3-7,10H2,1-2H3,(H,18,19). The normalized spacial score (nSPS) is 15.9. The Hall–Kier alpha value is -1.22. The fourth-order valence-electron chi connectivity index (χ4n) is 2.65. The Labute approximate surface area is 125 Å². The summed E-state index contributed by atoms with van der Waals surface area (Å²) >= 11 is 6.11. The molecule has 0 aliphatic heterocycles. The van der Waals surface area contributed by atoms with Gasteiger partial charge in [-0.05, 0) is 49.9 Å². The molecule has 0 atom stereocenters. The van der Waals surface area contributed by atoms with E-state index in [1.807, 2.05) is 26.0 Å². The molecule has 0 spiro atoms. The average molecular weight is 296 g/mol. The zero-order valence-corrected chi connectivity index (χ0v) is 12.9. The lowest BCUT2D eigenvalue weighted by Crippen LogP contribution is -2.38. The highest BCUT2D eigenvalue weighted by atomic mass is 35.5. The second-order valence-electron chi connectivity index (χ2n) is 5.56. The van der Waals surface area contributed by atoms with Crippen molar-refractivity contribution in [3.05, 3.63) is 28.3 Å². The van der Waals surface area contributed by atoms with Crippen molar-refractivity contribution in [1.29, 1.82) is 0 Å². The van der Waals surface area contributed by atoms with Crippen LogP contribution in [0.2, 0.25) is 5.02 Å². The van der Waals surface area contributed by atoms with Gasteiger partial charge in [-0.3, -0.25) is 4.79 Å². The summed E-state index contributed by atoms with van der Waals surface area (Å²) < 4.78 is 5.56. The smallest absolute Gasteiger partial charge is 0.258 e. The molecule has 0 bridgehead atoms. The van der Waals surface area contributed by atoms with Crippen molar-refractivity contribution >= 4 is 17.5 Å². The van der Waals surface area contributed by atoms with Gasteiger partial charge in [0, 0.05) is 11.1 Å². The van der Waals surface area contributed by atoms with Crippen LogP contribution < -0.4 is 10.1 Å². The van der Waals surface area contributed by atoms with Gasteiger partial charge < -0.3 is 10.1 Å². The molecule has 1 aromatic carbocycles. The van der Waals surface area contributed by atoms with Gasteiger partial charge in [-0.15, -0.1) is 0 Å². The number of ether oxygens (including phenoxy) is 1. The number of aryl methyl sites for hydroxylation is 2. The van der Waals surface area contributed by atoms with Crippen LogP contribution in [-0.4, -0.2) is 18.6 Å². The Morgan fingerprint density at radius 2 is 1.85 bits per heavy atom. The van der Waals surface area contributed by atoms with Crippen LogP contribution in [0.25, 0.3) is 0 Å². The Bertz CT molecular complexity index is 458. The highest BCUT2D eigenvalue weighted by Crippen LogP contribution is 2.25. The third-order valence-corrected chi connectivity index (χ3v) is 4.35. The van der Waals surface area contributed by atoms with E-state index in [4.69, 9.17) is 16.3 Å². The number of benzene rings is 1. The number of rotatable bonds is 4. The highest BCUT2D eigenvalue weighted by molar-refractivity contribution is 6.32. The molecule has 1 N–H and O–H groups in total. The molecule has 0 radical (unpaired) electrons. The predicted molar refractivity (Wildman–Crippen MR) is 81.4 cm³/mol. The molecule has 0 aromatic heterocycles. The molecule has 1 aliphatic carbocycles. The number of carbonyl (C=O) groups is 1. The predicted octanol–water partition coefficient (Wildman–Crippen LogP) is 3.78. The summed E-state index contributed by atoms with van der Waals surface area (Å²) in [6.45, 7) is 3.94. The molecular formula is C16H22ClNO2. The first-order valence-corrected chi connectivity index (χ1v) is 7.63. The third kappa shape index (κ3) is 4.14. The van der Waals surface area contributed by atoms with E-state index in [1.165, 1.54) is 19.3 Å². The summed E-state index contributed by atoms with van der Waals surface area (Å²) in [4.78, 5) is 11.9. The van der Waals surface area contributed by atoms with Gasteiger partial charge in [-0.1, -0.05) is 30.9 Å². The molecule has 0 saturated heterocycles. The number of halogens is 1. The molecule has 0 heterocycles. The average Bonchev–Trinajstić information content (AvgIpc) is 2.43. The van der Waals surface area contributed by atoms with Gasteiger partial charge in [0.25, 0.3) is 5.91 Å². The molecule has 3 nitrogen and oxygen atoms in total. The second kappa shape index (κ2) is 6.98. The zero-order chi connectivity index (χ0) is 14.5. The zero-order valence-electron chi connectivity index (χ0n) is 12.2. The molecule has 0 unspecified atom stereocenters. The van der Waals surface area contributed by atoms with E-state index in [9.17, 15) is 4.79 Å². The van der Waals surface area contributed by atoms with Gasteiger partial charge in [0.15, 0.2) is 6.61 Å². The van der Waals surface area contributed by atoms with Crippen molar-refractivity contribution in [1.82, 2.24) is 5.32 Å². The molecule has 1 saturated carbocycles. The van der Waals surface area contributed by atoms with Gasteiger partial charge in [-0.2, -0.15) is 0 Å². The van der Waals surface area contributed by atoms with E-state index in [1.54, 1.807) is 0 Å². The number of nitrogens with one attached hydrogen (secondary N) is 1. The molecule has 4 heteroatoms. The van der Waals surface area contributed by atoms with E-state index < -0.39 is 0 Å². The molecule has 1 amide bonds. The second-order valence-corrected chi connectivity index (χ2v) is 5.94. The first-order chi connectivity index (χ1) is 9.56. The van der Waals surface area contributed by atoms with Crippen molar-refractivity contribution < 1.29 is 9.53 Å². The van der Waals surface area contributed by atoms with Crippen molar-refractivity contribution in [2.75, 3.05) is 6.61 Å². The van der Waals surface area contributed by atoms with Crippen LogP contribution in [0.15, 0.2) is 12.1 Å². The molecule has 1 fully saturated rings. The topological polar surface area (TPSA) is 38.3 Å². The van der Waals surface area contributed by atoms with Gasteiger partial charge in [-0.25, -0.2) is 0 Å². The summed E-state index contributed by atoms with van der Waals surface area (Å²) in [6, 6.07) is 4.06. The summed E-state index contributed by atoms with van der Waals surface area (Å²) in [5.41, 5.74) is 1.93. The van der Waals surface area contributed by atoms with Crippen LogP contribution >= 0.6 is 11.6 Å². The van der Waals surface area contributed by atoms with Gasteiger partial charge in [0.1, 0.15) is 5.75 Å². The van der Waals surface area contributed by atoms with E-state index in [0.29, 0.717) is 11.8 Å². The van der Waals surface area contributed by atoms with Crippen molar-refractivity contribution in [2.24, 2.45) is 0 Å². The van der Waals surface area contributed by atoms with Crippen LogP contribution in [0, 0.1) is 13.8 Å². The van der Waals surface area contributed by atoms with Crippen molar-refractivity contribution in [3.8, 4) is 5.75 Å². The highest BCUT2D eigenvalue weighted by Gasteiger charge is 2.16. The van der Waals surface area contributed by atoms with E-state index >= 15 is 0 Å². The SMILES string of the molecule is Cc1cc(OCC(=O)NC2CCCCC2)cc(C)c1Cl. The van der Waals surface area contributed by atoms with Gasteiger partial charge >= 0.3 is 0 Å². The maximum atomic E-state index is 11.9. The Morgan fingerprint density at radius 3 is 2.45 bits per heavy atom. The van der Waals surface area contributed by atoms with E-state index in [0.717, 1.165) is 29.0 Å². The summed E-state index contributed by atoms with van der Waals surface area (Å²) in [5, 5.41) is 3.79. The van der Waals surface area contributed by atoms with E-state index in [-0.39, 0.29) is 12.5 Å². The summed E-state index contributed by atoms with van der Waals surface area (Å²) in [6.07, 6.45) is 5.88. The Balaban J connectivity index is 1.83. The minimum absolute atomic E-state index is 0.0397. The molecule has 1 aliphatic rings. The minimum Gasteiger partial charge on any atom is -0.484 e. The van der Waals surface area contributed by atoms with Crippen LogP contribution in [0.5, 0.6) is 5.75 Å². The lowest BCUT2D eigenvalue weighted by molar-refractivity contribution is -0.124. The largest absolute Gasteiger partial charge is 0.484 e. The molecule has 1 aromatic rings. The van der Waals surface area contributed by atoms with Gasteiger partial charge in [0.05, 0.1) is 0 Å². The van der Waals surface area contributed by atoms with Crippen molar-refractivity contribution in [3.63, 3.8) is 0 Å². The minimum atomic E-state index is -0.0397. The quantitative estimate of drug-likeness (QED) is 0.918. The van der Waals surface area contributed by atoms with E-state index in [2.05, 4.69) is 5.32 Å². The first kappa shape index (κ1) is 15.2. The Kier molecular flexibility index (Phi) is 5.30. The number of carbonyl (C=O) groups excluding carboxylic acids is 1. The maximum Gasteiger partial charge on any atom is 0.258 e. The molecular weight excluding hydrogens is 274 g/mol. The number of hydrogen-bond donors (Lipinski definition) is 1. The first-order valence-electron chi connectivity index (χ1n) is 7.25. The number of amides is 1. The van der Waals surface area contributed by atoms with Crippen LogP contribution in [-0.2, 0) is 4.79 Å². The van der Waals surface area contributed by atoms with Crippen LogP contribution in [0.3, 0.4) is 0 Å². The fourth-order valence-corrected chi connectivity index (χ4v) is 2.76. The van der Waals surface area contributed by atoms with Gasteiger partial charge in [0.2, 0.25) is 0 Å². The summed E-state index contributed by atoms with van der Waals surface area (Å²) in [7, 11) is 0. The third-order valence-electron chi connectivity index (χ3n) is 3.75. The maximum absolute atomic E-state index is 11.9. The monoisotopic (exact) mass is 295 g/mol.